The fraction of sp³-hybridized carbons (Fsp3) is 0.933. The van der Waals surface area contributed by atoms with E-state index < -0.39 is 0 Å². The van der Waals surface area contributed by atoms with Crippen LogP contribution in [0.2, 0.25) is 0 Å². The highest BCUT2D eigenvalue weighted by Gasteiger charge is 2.68. The molecule has 0 spiro atoms. The highest BCUT2D eigenvalue weighted by molar-refractivity contribution is 6.25. The summed E-state index contributed by atoms with van der Waals surface area (Å²) in [6.07, 6.45) is 3.79. The zero-order valence-electron chi connectivity index (χ0n) is 11.9. The number of carbonyl (C=O) groups is 1. The molecule has 2 aliphatic carbocycles. The lowest BCUT2D eigenvalue weighted by molar-refractivity contribution is -0.151. The minimum atomic E-state index is -0.336. The van der Waals surface area contributed by atoms with Gasteiger partial charge < -0.3 is 9.47 Å². The molecule has 19 heavy (non-hydrogen) atoms. The summed E-state index contributed by atoms with van der Waals surface area (Å²) in [6.45, 7) is 6.88. The Kier molecular flexibility index (Phi) is 3.14. The van der Waals surface area contributed by atoms with Crippen LogP contribution in [0.3, 0.4) is 0 Å². The molecule has 2 saturated carbocycles. The Morgan fingerprint density at radius 3 is 2.84 bits per heavy atom. The summed E-state index contributed by atoms with van der Waals surface area (Å²) in [4.78, 5) is 10.8. The third-order valence-electron chi connectivity index (χ3n) is 5.96. The molecule has 3 aliphatic rings. The maximum Gasteiger partial charge on any atom is 0.302 e. The number of halogens is 1. The van der Waals surface area contributed by atoms with Gasteiger partial charge in [-0.1, -0.05) is 13.8 Å². The van der Waals surface area contributed by atoms with E-state index in [1.165, 1.54) is 6.92 Å². The van der Waals surface area contributed by atoms with Crippen molar-refractivity contribution in [3.63, 3.8) is 0 Å². The van der Waals surface area contributed by atoms with Gasteiger partial charge in [0.25, 0.3) is 0 Å². The van der Waals surface area contributed by atoms with Crippen LogP contribution in [0.5, 0.6) is 0 Å². The monoisotopic (exact) mass is 286 g/mol. The van der Waals surface area contributed by atoms with Crippen LogP contribution in [-0.4, -0.2) is 29.7 Å². The van der Waals surface area contributed by atoms with Crippen LogP contribution in [0, 0.1) is 17.3 Å². The van der Waals surface area contributed by atoms with Gasteiger partial charge in [-0.2, -0.15) is 0 Å². The molecule has 3 nitrogen and oxygen atoms in total. The molecule has 0 aromatic carbocycles. The van der Waals surface area contributed by atoms with Gasteiger partial charge >= 0.3 is 5.97 Å². The number of carbonyl (C=O) groups excluding carboxylic acids is 1. The number of hydrogen-bond acceptors (Lipinski definition) is 3. The summed E-state index contributed by atoms with van der Waals surface area (Å²) in [7, 11) is 0. The maximum atomic E-state index is 11.2. The van der Waals surface area contributed by atoms with Crippen molar-refractivity contribution in [2.75, 3.05) is 6.61 Å². The van der Waals surface area contributed by atoms with E-state index >= 15 is 0 Å². The Morgan fingerprint density at radius 2 is 2.16 bits per heavy atom. The molecule has 2 bridgehead atoms. The van der Waals surface area contributed by atoms with E-state index in [-0.39, 0.29) is 28.5 Å². The predicted molar refractivity (Wildman–Crippen MR) is 73.1 cm³/mol. The Morgan fingerprint density at radius 1 is 1.42 bits per heavy atom. The van der Waals surface area contributed by atoms with E-state index in [0.29, 0.717) is 11.8 Å². The third kappa shape index (κ3) is 1.77. The Hall–Kier alpha value is -0.280. The molecule has 0 unspecified atom stereocenters. The lowest BCUT2D eigenvalue weighted by Crippen LogP contribution is -2.60. The molecule has 3 rings (SSSR count). The van der Waals surface area contributed by atoms with E-state index in [2.05, 4.69) is 13.8 Å². The Balaban J connectivity index is 1.89. The standard InChI is InChI=1S/C15H23ClO3/c1-9-6-13-15(16)7-12(19-11(3)17)4-5-14(15,8-18-13)10(9)2/h9-10,12-13H,4-8H2,1-3H3/t9-,10-,12-,13-,14+,15-/m1/s1. The zero-order valence-corrected chi connectivity index (χ0v) is 12.7. The van der Waals surface area contributed by atoms with Crippen LogP contribution >= 0.6 is 11.6 Å². The summed E-state index contributed by atoms with van der Waals surface area (Å²) in [6, 6.07) is 0. The summed E-state index contributed by atoms with van der Waals surface area (Å²) in [5.41, 5.74) is 0.0769. The van der Waals surface area contributed by atoms with Gasteiger partial charge in [0.15, 0.2) is 0 Å². The summed E-state index contributed by atoms with van der Waals surface area (Å²) in [5.74, 6) is 1.03. The fourth-order valence-corrected chi connectivity index (χ4v) is 5.35. The normalized spacial score (nSPS) is 52.6. The summed E-state index contributed by atoms with van der Waals surface area (Å²) < 4.78 is 11.4. The average Bonchev–Trinajstić information content (AvgIpc) is 2.53. The summed E-state index contributed by atoms with van der Waals surface area (Å²) >= 11 is 7.05. The van der Waals surface area contributed by atoms with Gasteiger partial charge in [0.1, 0.15) is 6.10 Å². The van der Waals surface area contributed by atoms with Crippen molar-refractivity contribution >= 4 is 17.6 Å². The first-order valence-electron chi connectivity index (χ1n) is 7.37. The van der Waals surface area contributed by atoms with Crippen molar-refractivity contribution in [3.05, 3.63) is 0 Å². The average molecular weight is 287 g/mol. The van der Waals surface area contributed by atoms with E-state index in [0.717, 1.165) is 32.3 Å². The first kappa shape index (κ1) is 13.7. The van der Waals surface area contributed by atoms with Crippen LogP contribution in [0.15, 0.2) is 0 Å². The highest BCUT2D eigenvalue weighted by atomic mass is 35.5. The van der Waals surface area contributed by atoms with Crippen molar-refractivity contribution in [3.8, 4) is 0 Å². The maximum absolute atomic E-state index is 11.2. The second-order valence-corrected chi connectivity index (χ2v) is 7.47. The molecule has 1 aliphatic heterocycles. The van der Waals surface area contributed by atoms with Crippen LogP contribution in [-0.2, 0) is 14.3 Å². The van der Waals surface area contributed by atoms with Gasteiger partial charge in [0.05, 0.1) is 17.6 Å². The van der Waals surface area contributed by atoms with E-state index in [9.17, 15) is 4.79 Å². The molecule has 0 radical (unpaired) electrons. The van der Waals surface area contributed by atoms with Crippen molar-refractivity contribution in [2.45, 2.75) is 63.5 Å². The zero-order chi connectivity index (χ0) is 13.8. The largest absolute Gasteiger partial charge is 0.462 e. The number of rotatable bonds is 1. The van der Waals surface area contributed by atoms with Crippen LogP contribution in [0.25, 0.3) is 0 Å². The minimum Gasteiger partial charge on any atom is -0.462 e. The van der Waals surface area contributed by atoms with Crippen LogP contribution in [0.4, 0.5) is 0 Å². The first-order chi connectivity index (χ1) is 8.89. The fourth-order valence-electron chi connectivity index (χ4n) is 4.70. The van der Waals surface area contributed by atoms with Gasteiger partial charge in [-0.3, -0.25) is 4.79 Å². The lowest BCUT2D eigenvalue weighted by atomic mass is 9.52. The van der Waals surface area contributed by atoms with E-state index in [1.807, 2.05) is 0 Å². The van der Waals surface area contributed by atoms with Gasteiger partial charge in [0.2, 0.25) is 0 Å². The SMILES string of the molecule is CC(=O)O[C@@H]1CC[C@]23CO[C@H](C[C@@H](C)[C@H]2C)[C@]3(Cl)C1. The van der Waals surface area contributed by atoms with Crippen molar-refractivity contribution in [2.24, 2.45) is 17.3 Å². The third-order valence-corrected chi connectivity index (χ3v) is 6.74. The molecular weight excluding hydrogens is 264 g/mol. The predicted octanol–water partition coefficient (Wildman–Crippen LogP) is 3.14. The van der Waals surface area contributed by atoms with Crippen LogP contribution in [0.1, 0.15) is 46.5 Å². The van der Waals surface area contributed by atoms with Gasteiger partial charge in [-0.05, 0) is 31.1 Å². The molecule has 4 heteroatoms. The molecule has 108 valence electrons. The number of esters is 1. The van der Waals surface area contributed by atoms with Gasteiger partial charge in [-0.15, -0.1) is 11.6 Å². The highest BCUT2D eigenvalue weighted by Crippen LogP contribution is 2.65. The Bertz CT molecular complexity index is 399. The quantitative estimate of drug-likeness (QED) is 0.549. The number of hydrogen-bond donors (Lipinski definition) is 0. The molecule has 1 saturated heterocycles. The number of alkyl halides is 1. The second kappa shape index (κ2) is 4.36. The molecule has 0 aromatic heterocycles. The van der Waals surface area contributed by atoms with Gasteiger partial charge in [0, 0.05) is 18.8 Å². The topological polar surface area (TPSA) is 35.5 Å². The Labute approximate surface area is 120 Å². The molecule has 0 N–H and O–H groups in total. The second-order valence-electron chi connectivity index (χ2n) is 6.79. The van der Waals surface area contributed by atoms with Crippen molar-refractivity contribution < 1.29 is 14.3 Å². The number of ether oxygens (including phenoxy) is 2. The summed E-state index contributed by atoms with van der Waals surface area (Å²) in [5, 5.41) is 0. The van der Waals surface area contributed by atoms with Crippen molar-refractivity contribution in [1.82, 2.24) is 0 Å². The first-order valence-corrected chi connectivity index (χ1v) is 7.74. The molecule has 6 atom stereocenters. The van der Waals surface area contributed by atoms with E-state index in [4.69, 9.17) is 21.1 Å². The smallest absolute Gasteiger partial charge is 0.302 e. The molecule has 1 heterocycles. The molecular formula is C15H23ClO3. The van der Waals surface area contributed by atoms with Crippen LogP contribution < -0.4 is 0 Å². The van der Waals surface area contributed by atoms with Crippen molar-refractivity contribution in [1.29, 1.82) is 0 Å². The molecule has 0 aromatic rings. The molecule has 3 fully saturated rings. The van der Waals surface area contributed by atoms with E-state index in [1.54, 1.807) is 0 Å². The minimum absolute atomic E-state index is 0.0343. The molecule has 0 amide bonds. The van der Waals surface area contributed by atoms with Gasteiger partial charge in [-0.25, -0.2) is 0 Å². The lowest BCUT2D eigenvalue weighted by Gasteiger charge is -2.56.